The van der Waals surface area contributed by atoms with Crippen molar-refractivity contribution in [2.45, 2.75) is 374 Å². The number of aromatic carboxylic acids is 2. The average molecular weight is 2060 g/mol. The minimum atomic E-state index is -1.54. The van der Waals surface area contributed by atoms with Gasteiger partial charge < -0.3 is 91.5 Å². The molecule has 36 nitrogen and oxygen atoms in total. The van der Waals surface area contributed by atoms with Crippen LogP contribution in [0.4, 0.5) is 0 Å². The van der Waals surface area contributed by atoms with E-state index in [4.69, 9.17) is 76.2 Å². The van der Waals surface area contributed by atoms with Crippen LogP contribution in [-0.2, 0) is 133 Å². The summed E-state index contributed by atoms with van der Waals surface area (Å²) in [7, 11) is 2.71. The number of carbonyl (C=O) groups is 17. The van der Waals surface area contributed by atoms with Crippen molar-refractivity contribution in [2.75, 3.05) is 118 Å². The van der Waals surface area contributed by atoms with Gasteiger partial charge in [0.25, 0.3) is 0 Å². The van der Waals surface area contributed by atoms with E-state index in [0.29, 0.717) is 192 Å². The zero-order valence-electron chi connectivity index (χ0n) is 89.9. The van der Waals surface area contributed by atoms with E-state index in [-0.39, 0.29) is 123 Å². The Morgan fingerprint density at radius 3 is 1.04 bits per heavy atom. The van der Waals surface area contributed by atoms with E-state index in [9.17, 15) is 96.8 Å². The van der Waals surface area contributed by atoms with Crippen LogP contribution in [0.1, 0.15) is 404 Å². The second kappa shape index (κ2) is 84.6. The maximum absolute atomic E-state index is 12.5. The Balaban J connectivity index is -0.000000874. The second-order valence-corrected chi connectivity index (χ2v) is 38.8. The summed E-state index contributed by atoms with van der Waals surface area (Å²) in [6, 6.07) is 1.67. The monoisotopic (exact) mass is 2060 g/mol. The van der Waals surface area contributed by atoms with Gasteiger partial charge in [-0.1, -0.05) is 80.7 Å². The molecule has 0 amide bonds. The van der Waals surface area contributed by atoms with E-state index < -0.39 is 92.2 Å². The van der Waals surface area contributed by atoms with E-state index in [1.54, 1.807) is 13.8 Å². The molecule has 0 aliphatic heterocycles. The lowest BCUT2D eigenvalue weighted by molar-refractivity contribution is -0.155. The topological polar surface area (TPSA) is 510 Å². The summed E-state index contributed by atoms with van der Waals surface area (Å²) in [6.07, 6.45) is 24.7. The molecule has 0 heterocycles. The lowest BCUT2D eigenvalue weighted by atomic mass is 9.91. The Bertz CT molecular complexity index is 3820. The van der Waals surface area contributed by atoms with Crippen LogP contribution in [0.15, 0.2) is 24.8 Å². The van der Waals surface area contributed by atoms with Gasteiger partial charge in [0.1, 0.15) is 25.4 Å². The van der Waals surface area contributed by atoms with Gasteiger partial charge in [-0.15, -0.1) is 0 Å². The van der Waals surface area contributed by atoms with Crippen LogP contribution in [0.25, 0.3) is 0 Å². The molecule has 3 unspecified atom stereocenters. The number of rotatable bonds is 78. The number of Topliss-reactive ketones (excluding diaryl/α,β-unsaturated/α-hetero) is 1. The van der Waals surface area contributed by atoms with Crippen molar-refractivity contribution in [3.05, 3.63) is 47.0 Å². The third-order valence-electron chi connectivity index (χ3n) is 23.0. The van der Waals surface area contributed by atoms with Gasteiger partial charge in [-0.2, -0.15) is 11.8 Å². The molecule has 0 fully saturated rings. The minimum absolute atomic E-state index is 0.0514. The molecular formula is C106H178O36S. The number of aliphatic hydroxyl groups is 1. The smallest absolute Gasteiger partial charge is 0.339 e. The highest BCUT2D eigenvalue weighted by Gasteiger charge is 2.33. The number of methoxy groups -OCH3 is 2. The third kappa shape index (κ3) is 74.9. The number of thioether (sulfide) groups is 1. The lowest BCUT2D eigenvalue weighted by Gasteiger charge is -2.22. The number of carboxylic acids is 3. The molecule has 37 heteroatoms. The molecule has 824 valence electrons. The zero-order chi connectivity index (χ0) is 109. The standard InChI is InChI=1S/C29H52O8.C28H48O10.C21H26O10S.C18H32O6.C10H20O2/c1-6-9-16-24(7-2)23-37-27(32)18-12-14-21-35-25(30)17-11-10-13-20-34-26(31)19-15-22-36-28(33)29(4,5)8-3;1-5-24(30)35-19-14-13-17-34-21-23(29)22-38-26(32)16-10-7-11-18-36-25(31)15-9-8-12-20-37-27(33)28(3,4)6-2;1-11(22)13-6-16(15(18(25)26)7-14(13)17(23)24)19(27)31-8-12(29-4)9-32-10-21(2,3)20(28)30-5;1-4-18(2,3)17(22)24-14-10-6-8-12-16(21)23-13-9-5-7-11-15(19)20;1-5-7-8-12-9(11)10(3,4)6-2/h24H,6-23H2,1-5H3;5,23,29H,1,6-22H2,2-4H3;6-7,12H,8-10H2,1-5H3,(H,23,24)(H,25,26);4-14H2,1-3H3,(H,19,20);5-8H2,1-4H3. The Kier molecular flexibility index (Phi) is 82.6. The predicted molar refractivity (Wildman–Crippen MR) is 539 cm³/mol. The number of ether oxygens (including phenoxy) is 15. The number of carboxylic acid groups (broad SMARTS) is 3. The summed E-state index contributed by atoms with van der Waals surface area (Å²) in [5, 5.41) is 36.9. The number of esters is 13. The maximum atomic E-state index is 12.5. The largest absolute Gasteiger partial charge is 0.481 e. The van der Waals surface area contributed by atoms with E-state index in [1.807, 2.05) is 83.1 Å². The minimum Gasteiger partial charge on any atom is -0.481 e. The summed E-state index contributed by atoms with van der Waals surface area (Å²) >= 11 is 1.38. The highest BCUT2D eigenvalue weighted by Crippen LogP contribution is 2.29. The van der Waals surface area contributed by atoms with E-state index in [2.05, 4.69) is 27.4 Å². The molecule has 3 atom stereocenters. The summed E-state index contributed by atoms with van der Waals surface area (Å²) < 4.78 is 77.2. The number of ketones is 1. The van der Waals surface area contributed by atoms with Crippen LogP contribution in [0, 0.1) is 33.0 Å². The number of hydrogen-bond donors (Lipinski definition) is 4. The van der Waals surface area contributed by atoms with Crippen LogP contribution in [0.3, 0.4) is 0 Å². The van der Waals surface area contributed by atoms with Crippen molar-refractivity contribution in [2.24, 2.45) is 33.0 Å². The van der Waals surface area contributed by atoms with Crippen molar-refractivity contribution in [1.82, 2.24) is 0 Å². The normalized spacial score (nSPS) is 11.8. The number of hydrogen-bond acceptors (Lipinski definition) is 34. The molecule has 1 aromatic carbocycles. The summed E-state index contributed by atoms with van der Waals surface area (Å²) in [5.41, 5.74) is -4.31. The number of carbonyl (C=O) groups excluding carboxylic acids is 14. The molecule has 0 spiro atoms. The Morgan fingerprint density at radius 1 is 0.350 bits per heavy atom. The Hall–Kier alpha value is -9.62. The number of unbranched alkanes of at least 4 members (excludes halogenated alkanes) is 14. The Morgan fingerprint density at radius 2 is 0.678 bits per heavy atom. The first-order valence-corrected chi connectivity index (χ1v) is 52.0. The fraction of sp³-hybridized carbons (Fsp3) is 0.764. The quantitative estimate of drug-likeness (QED) is 0.0155. The van der Waals surface area contributed by atoms with Crippen molar-refractivity contribution in [3.63, 3.8) is 0 Å². The average Bonchev–Trinajstić information content (AvgIpc) is 0.790. The van der Waals surface area contributed by atoms with Crippen LogP contribution < -0.4 is 0 Å². The molecule has 0 aliphatic rings. The van der Waals surface area contributed by atoms with Gasteiger partial charge in [-0.25, -0.2) is 19.2 Å². The first-order valence-electron chi connectivity index (χ1n) is 50.9. The second-order valence-electron chi connectivity index (χ2n) is 37.8. The summed E-state index contributed by atoms with van der Waals surface area (Å²) in [5.74, 6) is -7.39. The van der Waals surface area contributed by atoms with Crippen LogP contribution in [0.2, 0.25) is 0 Å². The lowest BCUT2D eigenvalue weighted by Crippen LogP contribution is -2.30. The van der Waals surface area contributed by atoms with E-state index in [1.165, 1.54) is 26.0 Å². The molecule has 143 heavy (non-hydrogen) atoms. The van der Waals surface area contributed by atoms with Crippen molar-refractivity contribution in [3.8, 4) is 0 Å². The van der Waals surface area contributed by atoms with Crippen LogP contribution in [0.5, 0.6) is 0 Å². The molecule has 0 saturated carbocycles. The number of aliphatic hydroxyl groups excluding tert-OH is 1. The van der Waals surface area contributed by atoms with Gasteiger partial charge >= 0.3 is 95.5 Å². The van der Waals surface area contributed by atoms with E-state index in [0.717, 1.165) is 128 Å². The van der Waals surface area contributed by atoms with Crippen molar-refractivity contribution >= 4 is 113 Å². The van der Waals surface area contributed by atoms with E-state index >= 15 is 0 Å². The summed E-state index contributed by atoms with van der Waals surface area (Å²) in [4.78, 5) is 197. The van der Waals surface area contributed by atoms with Crippen molar-refractivity contribution < 1.29 is 173 Å². The predicted octanol–water partition coefficient (Wildman–Crippen LogP) is 19.3. The number of aliphatic carboxylic acids is 1. The highest BCUT2D eigenvalue weighted by atomic mass is 32.2. The third-order valence-corrected chi connectivity index (χ3v) is 24.5. The molecular weight excluding hydrogens is 1880 g/mol. The molecule has 4 N–H and O–H groups in total. The summed E-state index contributed by atoms with van der Waals surface area (Å²) in [6.45, 7) is 40.7. The van der Waals surface area contributed by atoms with Gasteiger partial charge in [0.05, 0.1) is 124 Å². The number of benzene rings is 1. The molecule has 0 aromatic heterocycles. The Labute approximate surface area is 854 Å². The van der Waals surface area contributed by atoms with Crippen LogP contribution in [-0.4, -0.2) is 252 Å². The van der Waals surface area contributed by atoms with Gasteiger partial charge in [0.15, 0.2) is 5.78 Å². The van der Waals surface area contributed by atoms with Gasteiger partial charge in [0, 0.05) is 81.8 Å². The fourth-order valence-electron chi connectivity index (χ4n) is 11.4. The van der Waals surface area contributed by atoms with Gasteiger partial charge in [0.2, 0.25) is 0 Å². The maximum Gasteiger partial charge on any atom is 0.339 e. The molecule has 1 aromatic rings. The SMILES string of the molecule is C=CC(=O)OCCCCOCC(O)COC(=O)CCCCCOC(=O)CCCCCOC(=O)C(C)(C)CC.CCC(C)(C)C(=O)OCCCCCC(=O)OCCCCCC(=O)O.CCCCC(CC)COC(=O)CCCCOC(=O)CCCCCOC(=O)CCCOC(=O)C(C)(C)CC.CCCCOC(=O)C(C)(C)CC.COC(=O)C(C)(C)CSCC(COC(=O)c1cc(C(C)=O)c(C(=O)O)cc1C(=O)O)OC. The van der Waals surface area contributed by atoms with Gasteiger partial charge in [-0.3, -0.25) is 62.3 Å². The zero-order valence-corrected chi connectivity index (χ0v) is 90.7. The first kappa shape index (κ1) is 140. The molecule has 0 radical (unpaired) electrons. The molecule has 0 aliphatic carbocycles. The fourth-order valence-corrected chi connectivity index (χ4v) is 12.6. The molecule has 1 rings (SSSR count). The van der Waals surface area contributed by atoms with Crippen molar-refractivity contribution in [1.29, 1.82) is 0 Å². The van der Waals surface area contributed by atoms with Crippen LogP contribution >= 0.6 is 11.8 Å². The molecule has 0 bridgehead atoms. The van der Waals surface area contributed by atoms with Gasteiger partial charge in [-0.05, 0) is 261 Å². The first-order chi connectivity index (χ1) is 67.5. The highest BCUT2D eigenvalue weighted by molar-refractivity contribution is 7.99. The molecule has 0 saturated heterocycles.